The van der Waals surface area contributed by atoms with Crippen LogP contribution >= 0.6 is 11.6 Å². The molecular weight excluding hydrogens is 238 g/mol. The summed E-state index contributed by atoms with van der Waals surface area (Å²) < 4.78 is 4.94. The molecule has 4 heteroatoms. The van der Waals surface area contributed by atoms with Crippen LogP contribution in [0.2, 0.25) is 0 Å². The van der Waals surface area contributed by atoms with Crippen LogP contribution in [0.1, 0.15) is 15.9 Å². The summed E-state index contributed by atoms with van der Waals surface area (Å²) in [5.41, 5.74) is 1.76. The van der Waals surface area contributed by atoms with Crippen molar-refractivity contribution < 1.29 is 9.53 Å². The summed E-state index contributed by atoms with van der Waals surface area (Å²) in [6, 6.07) is 7.53. The van der Waals surface area contributed by atoms with Gasteiger partial charge >= 0.3 is 0 Å². The molecule has 0 spiro atoms. The first-order chi connectivity index (χ1) is 8.04. The first kappa shape index (κ1) is 14.0. The Hall–Kier alpha value is -1.06. The molecule has 1 aromatic rings. The van der Waals surface area contributed by atoms with E-state index in [-0.39, 0.29) is 11.3 Å². The maximum absolute atomic E-state index is 12.1. The first-order valence-electron chi connectivity index (χ1n) is 5.49. The van der Waals surface area contributed by atoms with Crippen molar-refractivity contribution in [2.45, 2.75) is 12.3 Å². The topological polar surface area (TPSA) is 29.5 Å². The molecule has 0 aromatic heterocycles. The Kier molecular flexibility index (Phi) is 5.45. The normalized spacial score (nSPS) is 12.2. The summed E-state index contributed by atoms with van der Waals surface area (Å²) in [5, 5.41) is -0.182. The molecule has 0 aliphatic carbocycles. The fraction of sp³-hybridized carbons (Fsp3) is 0.462. The van der Waals surface area contributed by atoms with Crippen LogP contribution in [-0.4, -0.2) is 43.5 Å². The molecule has 0 aliphatic heterocycles. The largest absolute Gasteiger partial charge is 0.383 e. The number of hydrogen-bond acceptors (Lipinski definition) is 2. The van der Waals surface area contributed by atoms with Crippen molar-refractivity contribution in [3.8, 4) is 0 Å². The summed E-state index contributed by atoms with van der Waals surface area (Å²) in [6.45, 7) is 2.88. The van der Waals surface area contributed by atoms with Gasteiger partial charge in [-0.05, 0) is 19.1 Å². The van der Waals surface area contributed by atoms with Gasteiger partial charge in [-0.1, -0.05) is 17.7 Å². The lowest BCUT2D eigenvalue weighted by Crippen LogP contribution is -2.33. The van der Waals surface area contributed by atoms with Gasteiger partial charge in [0.2, 0.25) is 0 Å². The maximum Gasteiger partial charge on any atom is 0.253 e. The molecule has 0 saturated heterocycles. The van der Waals surface area contributed by atoms with E-state index in [4.69, 9.17) is 16.3 Å². The number of aryl methyl sites for hydroxylation is 1. The second-order valence-electron chi connectivity index (χ2n) is 4.11. The molecule has 1 unspecified atom stereocenters. The Morgan fingerprint density at radius 2 is 2.24 bits per heavy atom. The van der Waals surface area contributed by atoms with Crippen LogP contribution in [0, 0.1) is 6.92 Å². The number of hydrogen-bond donors (Lipinski definition) is 0. The molecule has 0 aliphatic rings. The minimum Gasteiger partial charge on any atom is -0.383 e. The van der Waals surface area contributed by atoms with Gasteiger partial charge in [0.25, 0.3) is 5.91 Å². The Bertz CT molecular complexity index is 381. The van der Waals surface area contributed by atoms with Crippen LogP contribution in [0.4, 0.5) is 0 Å². The average Bonchev–Trinajstić information content (AvgIpc) is 2.28. The van der Waals surface area contributed by atoms with Crippen molar-refractivity contribution in [2.24, 2.45) is 0 Å². The predicted molar refractivity (Wildman–Crippen MR) is 69.7 cm³/mol. The lowest BCUT2D eigenvalue weighted by atomic mass is 10.1. The number of carbonyl (C=O) groups is 1. The quantitative estimate of drug-likeness (QED) is 0.756. The highest BCUT2D eigenvalue weighted by molar-refractivity contribution is 6.21. The molecular formula is C13H18ClNO2. The molecule has 0 bridgehead atoms. The van der Waals surface area contributed by atoms with Crippen molar-refractivity contribution in [3.05, 3.63) is 35.4 Å². The number of amides is 1. The van der Waals surface area contributed by atoms with E-state index in [0.717, 1.165) is 5.56 Å². The lowest BCUT2D eigenvalue weighted by molar-refractivity contribution is 0.0781. The highest BCUT2D eigenvalue weighted by atomic mass is 35.5. The number of rotatable bonds is 5. The van der Waals surface area contributed by atoms with E-state index < -0.39 is 0 Å². The molecule has 0 fully saturated rings. The van der Waals surface area contributed by atoms with Crippen molar-refractivity contribution in [1.82, 2.24) is 4.90 Å². The van der Waals surface area contributed by atoms with Gasteiger partial charge in [-0.3, -0.25) is 4.79 Å². The first-order valence-corrected chi connectivity index (χ1v) is 5.93. The average molecular weight is 256 g/mol. The third-order valence-corrected chi connectivity index (χ3v) is 2.70. The van der Waals surface area contributed by atoms with E-state index in [1.54, 1.807) is 19.1 Å². The van der Waals surface area contributed by atoms with Crippen LogP contribution in [0.5, 0.6) is 0 Å². The number of ether oxygens (including phenoxy) is 1. The molecule has 17 heavy (non-hydrogen) atoms. The molecule has 1 aromatic carbocycles. The molecule has 94 valence electrons. The summed E-state index contributed by atoms with van der Waals surface area (Å²) in [4.78, 5) is 13.7. The molecule has 1 atom stereocenters. The van der Waals surface area contributed by atoms with Gasteiger partial charge in [-0.15, -0.1) is 11.6 Å². The van der Waals surface area contributed by atoms with Gasteiger partial charge in [0.05, 0.1) is 12.0 Å². The Morgan fingerprint density at radius 1 is 1.53 bits per heavy atom. The van der Waals surface area contributed by atoms with E-state index >= 15 is 0 Å². The fourth-order valence-electron chi connectivity index (χ4n) is 1.61. The van der Waals surface area contributed by atoms with Gasteiger partial charge < -0.3 is 9.64 Å². The minimum atomic E-state index is -0.182. The Morgan fingerprint density at radius 3 is 2.82 bits per heavy atom. The van der Waals surface area contributed by atoms with Crippen LogP contribution < -0.4 is 0 Å². The molecule has 1 amide bonds. The summed E-state index contributed by atoms with van der Waals surface area (Å²) >= 11 is 6.02. The Balaban J connectivity index is 2.63. The zero-order chi connectivity index (χ0) is 12.8. The zero-order valence-corrected chi connectivity index (χ0v) is 11.2. The van der Waals surface area contributed by atoms with Gasteiger partial charge in [-0.2, -0.15) is 0 Å². The number of benzene rings is 1. The molecule has 0 N–H and O–H groups in total. The van der Waals surface area contributed by atoms with Crippen LogP contribution in [-0.2, 0) is 4.74 Å². The van der Waals surface area contributed by atoms with Crippen molar-refractivity contribution in [3.63, 3.8) is 0 Å². The molecule has 0 radical (unpaired) electrons. The predicted octanol–water partition coefficient (Wildman–Crippen LogP) is 2.32. The van der Waals surface area contributed by atoms with Crippen molar-refractivity contribution >= 4 is 17.5 Å². The fourth-order valence-corrected chi connectivity index (χ4v) is 1.95. The Labute approximate surface area is 107 Å². The second-order valence-corrected chi connectivity index (χ2v) is 4.72. The molecule has 0 heterocycles. The van der Waals surface area contributed by atoms with Gasteiger partial charge in [0.15, 0.2) is 0 Å². The maximum atomic E-state index is 12.1. The highest BCUT2D eigenvalue weighted by Gasteiger charge is 2.15. The van der Waals surface area contributed by atoms with Crippen molar-refractivity contribution in [2.75, 3.05) is 27.3 Å². The van der Waals surface area contributed by atoms with Gasteiger partial charge in [0.1, 0.15) is 0 Å². The summed E-state index contributed by atoms with van der Waals surface area (Å²) in [5.74, 6) is -0.0181. The third kappa shape index (κ3) is 4.36. The SMILES string of the molecule is COCC(Cl)CN(C)C(=O)c1cccc(C)c1. The van der Waals surface area contributed by atoms with E-state index in [2.05, 4.69) is 0 Å². The standard InChI is InChI=1S/C13H18ClNO2/c1-10-5-4-6-11(7-10)13(16)15(2)8-12(14)9-17-3/h4-7,12H,8-9H2,1-3H3. The zero-order valence-electron chi connectivity index (χ0n) is 10.4. The number of alkyl halides is 1. The monoisotopic (exact) mass is 255 g/mol. The number of carbonyl (C=O) groups excluding carboxylic acids is 1. The van der Waals surface area contributed by atoms with E-state index in [9.17, 15) is 4.79 Å². The van der Waals surface area contributed by atoms with E-state index in [0.29, 0.717) is 18.7 Å². The smallest absolute Gasteiger partial charge is 0.253 e. The lowest BCUT2D eigenvalue weighted by Gasteiger charge is -2.20. The van der Waals surface area contributed by atoms with Gasteiger partial charge in [-0.25, -0.2) is 0 Å². The van der Waals surface area contributed by atoms with E-state index in [1.807, 2.05) is 31.2 Å². The molecule has 0 saturated carbocycles. The van der Waals surface area contributed by atoms with Crippen LogP contribution in [0.15, 0.2) is 24.3 Å². The highest BCUT2D eigenvalue weighted by Crippen LogP contribution is 2.08. The van der Waals surface area contributed by atoms with Crippen molar-refractivity contribution in [1.29, 1.82) is 0 Å². The molecule has 3 nitrogen and oxygen atoms in total. The third-order valence-electron chi connectivity index (χ3n) is 2.43. The van der Waals surface area contributed by atoms with E-state index in [1.165, 1.54) is 0 Å². The van der Waals surface area contributed by atoms with Crippen LogP contribution in [0.25, 0.3) is 0 Å². The van der Waals surface area contributed by atoms with Crippen LogP contribution in [0.3, 0.4) is 0 Å². The number of methoxy groups -OCH3 is 1. The number of halogens is 1. The second kappa shape index (κ2) is 6.62. The minimum absolute atomic E-state index is 0.0181. The van der Waals surface area contributed by atoms with Gasteiger partial charge in [0, 0.05) is 26.3 Å². The summed E-state index contributed by atoms with van der Waals surface area (Å²) in [6.07, 6.45) is 0. The summed E-state index contributed by atoms with van der Waals surface area (Å²) in [7, 11) is 3.34. The number of nitrogens with zero attached hydrogens (tertiary/aromatic N) is 1. The molecule has 1 rings (SSSR count).